The number of ether oxygens (including phenoxy) is 1. The first-order chi connectivity index (χ1) is 9.22. The molecule has 0 spiro atoms. The summed E-state index contributed by atoms with van der Waals surface area (Å²) in [4.78, 5) is 8.60. The molecule has 0 unspecified atom stereocenters. The molecule has 0 atom stereocenters. The van der Waals surface area contributed by atoms with E-state index in [1.165, 1.54) is 0 Å². The number of fused-ring (bicyclic) bond motifs is 1. The van der Waals surface area contributed by atoms with Crippen molar-refractivity contribution in [2.45, 2.75) is 20.0 Å². The SMILES string of the molecule is CC(C)Oc1ccc(-c2cn3ccncc3n2)cc1. The molecule has 0 bridgehead atoms. The van der Waals surface area contributed by atoms with Crippen LogP contribution < -0.4 is 4.74 Å². The second kappa shape index (κ2) is 4.72. The average molecular weight is 253 g/mol. The fraction of sp³-hybridized carbons (Fsp3) is 0.200. The van der Waals surface area contributed by atoms with Gasteiger partial charge in [0.1, 0.15) is 5.75 Å². The largest absolute Gasteiger partial charge is 0.491 e. The topological polar surface area (TPSA) is 39.4 Å². The van der Waals surface area contributed by atoms with Gasteiger partial charge in [0.05, 0.1) is 18.0 Å². The van der Waals surface area contributed by atoms with E-state index in [0.717, 1.165) is 22.7 Å². The van der Waals surface area contributed by atoms with Crippen LogP contribution >= 0.6 is 0 Å². The quantitative estimate of drug-likeness (QED) is 0.719. The van der Waals surface area contributed by atoms with E-state index in [0.29, 0.717) is 0 Å². The minimum atomic E-state index is 0.187. The van der Waals surface area contributed by atoms with Crippen molar-refractivity contribution in [2.75, 3.05) is 0 Å². The van der Waals surface area contributed by atoms with Crippen LogP contribution in [0.15, 0.2) is 49.1 Å². The van der Waals surface area contributed by atoms with Crippen LogP contribution in [0.1, 0.15) is 13.8 Å². The van der Waals surface area contributed by atoms with Crippen molar-refractivity contribution >= 4 is 5.65 Å². The Hall–Kier alpha value is -2.36. The van der Waals surface area contributed by atoms with Gasteiger partial charge in [-0.3, -0.25) is 4.98 Å². The molecule has 4 nitrogen and oxygen atoms in total. The van der Waals surface area contributed by atoms with E-state index < -0.39 is 0 Å². The molecule has 1 aromatic carbocycles. The van der Waals surface area contributed by atoms with Crippen molar-refractivity contribution in [3.8, 4) is 17.0 Å². The van der Waals surface area contributed by atoms with Gasteiger partial charge in [-0.05, 0) is 38.1 Å². The van der Waals surface area contributed by atoms with Gasteiger partial charge in [0.15, 0.2) is 5.65 Å². The van der Waals surface area contributed by atoms with Crippen molar-refractivity contribution in [2.24, 2.45) is 0 Å². The van der Waals surface area contributed by atoms with E-state index >= 15 is 0 Å². The fourth-order valence-electron chi connectivity index (χ4n) is 1.96. The van der Waals surface area contributed by atoms with Crippen LogP contribution in [-0.2, 0) is 0 Å². The zero-order valence-electron chi connectivity index (χ0n) is 10.9. The lowest BCUT2D eigenvalue weighted by molar-refractivity contribution is 0.242. The van der Waals surface area contributed by atoms with E-state index in [-0.39, 0.29) is 6.10 Å². The summed E-state index contributed by atoms with van der Waals surface area (Å²) in [5, 5.41) is 0. The monoisotopic (exact) mass is 253 g/mol. The zero-order valence-corrected chi connectivity index (χ0v) is 10.9. The second-order valence-corrected chi connectivity index (χ2v) is 4.66. The first kappa shape index (κ1) is 11.7. The summed E-state index contributed by atoms with van der Waals surface area (Å²) >= 11 is 0. The number of rotatable bonds is 3. The third-order valence-corrected chi connectivity index (χ3v) is 2.79. The maximum absolute atomic E-state index is 5.63. The first-order valence-corrected chi connectivity index (χ1v) is 6.28. The van der Waals surface area contributed by atoms with E-state index in [4.69, 9.17) is 4.74 Å². The number of hydrogen-bond donors (Lipinski definition) is 0. The minimum absolute atomic E-state index is 0.187. The summed E-state index contributed by atoms with van der Waals surface area (Å²) in [6, 6.07) is 7.98. The Morgan fingerprint density at radius 1 is 1.16 bits per heavy atom. The number of benzene rings is 1. The van der Waals surface area contributed by atoms with Crippen molar-refractivity contribution in [3.05, 3.63) is 49.1 Å². The lowest BCUT2D eigenvalue weighted by Gasteiger charge is -2.09. The maximum atomic E-state index is 5.63. The van der Waals surface area contributed by atoms with Crippen LogP contribution in [-0.4, -0.2) is 20.5 Å². The molecule has 3 rings (SSSR count). The van der Waals surface area contributed by atoms with Crippen molar-refractivity contribution < 1.29 is 4.74 Å². The van der Waals surface area contributed by atoms with Gasteiger partial charge in [-0.1, -0.05) is 0 Å². The summed E-state index contributed by atoms with van der Waals surface area (Å²) < 4.78 is 7.59. The lowest BCUT2D eigenvalue weighted by atomic mass is 10.1. The zero-order chi connectivity index (χ0) is 13.2. The van der Waals surface area contributed by atoms with Crippen LogP contribution in [0.3, 0.4) is 0 Å². The van der Waals surface area contributed by atoms with Crippen LogP contribution in [0.2, 0.25) is 0 Å². The summed E-state index contributed by atoms with van der Waals surface area (Å²) in [6.07, 6.45) is 7.57. The van der Waals surface area contributed by atoms with Gasteiger partial charge in [0.2, 0.25) is 0 Å². The number of aromatic nitrogens is 3. The Morgan fingerprint density at radius 2 is 1.95 bits per heavy atom. The molecule has 2 aromatic heterocycles. The van der Waals surface area contributed by atoms with Crippen molar-refractivity contribution in [3.63, 3.8) is 0 Å². The summed E-state index contributed by atoms with van der Waals surface area (Å²) in [5.41, 5.74) is 2.85. The summed E-state index contributed by atoms with van der Waals surface area (Å²) in [5.74, 6) is 0.879. The van der Waals surface area contributed by atoms with E-state index in [2.05, 4.69) is 9.97 Å². The maximum Gasteiger partial charge on any atom is 0.155 e. The van der Waals surface area contributed by atoms with Gasteiger partial charge in [-0.15, -0.1) is 0 Å². The van der Waals surface area contributed by atoms with Gasteiger partial charge in [-0.25, -0.2) is 4.98 Å². The highest BCUT2D eigenvalue weighted by Gasteiger charge is 2.05. The first-order valence-electron chi connectivity index (χ1n) is 6.28. The molecule has 0 N–H and O–H groups in total. The predicted molar refractivity (Wildman–Crippen MR) is 74.2 cm³/mol. The molecule has 0 aliphatic heterocycles. The molecule has 0 saturated heterocycles. The van der Waals surface area contributed by atoms with Gasteiger partial charge in [0.25, 0.3) is 0 Å². The molecule has 0 aliphatic rings. The molecule has 0 saturated carbocycles. The third kappa shape index (κ3) is 2.42. The summed E-state index contributed by atoms with van der Waals surface area (Å²) in [6.45, 7) is 4.03. The summed E-state index contributed by atoms with van der Waals surface area (Å²) in [7, 11) is 0. The molecular weight excluding hydrogens is 238 g/mol. The minimum Gasteiger partial charge on any atom is -0.491 e. The highest BCUT2D eigenvalue weighted by atomic mass is 16.5. The van der Waals surface area contributed by atoms with Crippen LogP contribution in [0, 0.1) is 0 Å². The molecule has 19 heavy (non-hydrogen) atoms. The average Bonchev–Trinajstić information content (AvgIpc) is 2.82. The molecule has 96 valence electrons. The van der Waals surface area contributed by atoms with E-state index in [1.807, 2.05) is 54.9 Å². The molecule has 0 aliphatic carbocycles. The van der Waals surface area contributed by atoms with Gasteiger partial charge >= 0.3 is 0 Å². The number of hydrogen-bond acceptors (Lipinski definition) is 3. The Morgan fingerprint density at radius 3 is 2.63 bits per heavy atom. The lowest BCUT2D eigenvalue weighted by Crippen LogP contribution is -2.05. The van der Waals surface area contributed by atoms with Crippen LogP contribution in [0.5, 0.6) is 5.75 Å². The Kier molecular flexibility index (Phi) is 2.91. The van der Waals surface area contributed by atoms with Gasteiger partial charge in [0, 0.05) is 24.2 Å². The predicted octanol–water partition coefficient (Wildman–Crippen LogP) is 3.18. The smallest absolute Gasteiger partial charge is 0.155 e. The Bertz CT molecular complexity index is 653. The molecule has 0 amide bonds. The van der Waals surface area contributed by atoms with Crippen molar-refractivity contribution in [1.29, 1.82) is 0 Å². The Labute approximate surface area is 111 Å². The van der Waals surface area contributed by atoms with Gasteiger partial charge < -0.3 is 9.14 Å². The Balaban J connectivity index is 1.93. The highest BCUT2D eigenvalue weighted by Crippen LogP contribution is 2.22. The number of nitrogens with zero attached hydrogens (tertiary/aromatic N) is 3. The molecule has 4 heteroatoms. The molecule has 2 heterocycles. The molecule has 0 fully saturated rings. The third-order valence-electron chi connectivity index (χ3n) is 2.79. The normalized spacial score (nSPS) is 11.1. The van der Waals surface area contributed by atoms with Crippen LogP contribution in [0.25, 0.3) is 16.9 Å². The van der Waals surface area contributed by atoms with Crippen LogP contribution in [0.4, 0.5) is 0 Å². The van der Waals surface area contributed by atoms with E-state index in [9.17, 15) is 0 Å². The number of imidazole rings is 1. The second-order valence-electron chi connectivity index (χ2n) is 4.66. The fourth-order valence-corrected chi connectivity index (χ4v) is 1.96. The molecule has 0 radical (unpaired) electrons. The van der Waals surface area contributed by atoms with Gasteiger partial charge in [-0.2, -0.15) is 0 Å². The van der Waals surface area contributed by atoms with Crippen molar-refractivity contribution in [1.82, 2.24) is 14.4 Å². The standard InChI is InChI=1S/C15H15N3O/c1-11(2)19-13-5-3-12(4-6-13)14-10-18-8-7-16-9-15(18)17-14/h3-11H,1-2H3. The molecule has 3 aromatic rings. The van der Waals surface area contributed by atoms with E-state index in [1.54, 1.807) is 12.4 Å². The molecular formula is C15H15N3O. The highest BCUT2D eigenvalue weighted by molar-refractivity contribution is 5.62.